The third kappa shape index (κ3) is 4.12. The van der Waals surface area contributed by atoms with Crippen molar-refractivity contribution in [2.45, 2.75) is 6.42 Å². The maximum absolute atomic E-state index is 11.0. The summed E-state index contributed by atoms with van der Waals surface area (Å²) in [6, 6.07) is 0. The van der Waals surface area contributed by atoms with E-state index in [4.69, 9.17) is 5.73 Å². The molecule has 0 atom stereocenters. The Labute approximate surface area is 115 Å². The van der Waals surface area contributed by atoms with E-state index in [1.54, 1.807) is 0 Å². The van der Waals surface area contributed by atoms with Crippen molar-refractivity contribution in [1.29, 1.82) is 0 Å². The van der Waals surface area contributed by atoms with E-state index in [9.17, 15) is 8.42 Å². The van der Waals surface area contributed by atoms with Gasteiger partial charge in [0.15, 0.2) is 0 Å². The average molecular weight is 298 g/mol. The first-order valence-corrected chi connectivity index (χ1v) is 7.78. The Morgan fingerprint density at radius 2 is 2.15 bits per heavy atom. The van der Waals surface area contributed by atoms with E-state index < -0.39 is 9.84 Å². The van der Waals surface area contributed by atoms with Gasteiger partial charge in [0.05, 0.1) is 5.75 Å². The van der Waals surface area contributed by atoms with Gasteiger partial charge in [0.1, 0.15) is 22.5 Å². The molecule has 10 nitrogen and oxygen atoms in total. The van der Waals surface area contributed by atoms with Gasteiger partial charge < -0.3 is 11.1 Å². The monoisotopic (exact) mass is 298 g/mol. The standard InChI is InChI=1S/C9H14N8O2S/c1-20(18,19)4-2-3-12-8-14-7(10)15-9(16-8)17-6-11-5-13-17/h5-6H,2-4H2,1H3,(H3,10,12,14,15,16). The third-order valence-electron chi connectivity index (χ3n) is 2.24. The fourth-order valence-corrected chi connectivity index (χ4v) is 2.08. The Hall–Kier alpha value is -2.30. The normalized spacial score (nSPS) is 11.4. The van der Waals surface area contributed by atoms with Crippen molar-refractivity contribution in [3.8, 4) is 5.95 Å². The largest absolute Gasteiger partial charge is 0.368 e. The van der Waals surface area contributed by atoms with Crippen molar-refractivity contribution in [3.63, 3.8) is 0 Å². The summed E-state index contributed by atoms with van der Waals surface area (Å²) in [5, 5.41) is 6.78. The summed E-state index contributed by atoms with van der Waals surface area (Å²) in [6.45, 7) is 0.410. The first-order valence-electron chi connectivity index (χ1n) is 5.72. The molecule has 0 aliphatic rings. The molecule has 0 unspecified atom stereocenters. The number of anilines is 2. The van der Waals surface area contributed by atoms with Gasteiger partial charge >= 0.3 is 0 Å². The van der Waals surface area contributed by atoms with Crippen molar-refractivity contribution >= 4 is 21.7 Å². The number of sulfone groups is 1. The lowest BCUT2D eigenvalue weighted by atomic mass is 10.5. The van der Waals surface area contributed by atoms with E-state index in [1.807, 2.05) is 0 Å². The molecule has 0 bridgehead atoms. The van der Waals surface area contributed by atoms with Crippen LogP contribution in [0.3, 0.4) is 0 Å². The fraction of sp³-hybridized carbons (Fsp3) is 0.444. The van der Waals surface area contributed by atoms with E-state index in [1.165, 1.54) is 23.6 Å². The molecule has 0 spiro atoms. The molecule has 2 aromatic rings. The molecule has 108 valence electrons. The number of nitrogens with one attached hydrogen (secondary N) is 1. The van der Waals surface area contributed by atoms with Crippen molar-refractivity contribution in [2.24, 2.45) is 0 Å². The topological polar surface area (TPSA) is 142 Å². The molecular formula is C9H14N8O2S. The lowest BCUT2D eigenvalue weighted by molar-refractivity contribution is 0.600. The molecule has 0 amide bonds. The minimum Gasteiger partial charge on any atom is -0.368 e. The zero-order chi connectivity index (χ0) is 14.6. The van der Waals surface area contributed by atoms with Crippen LogP contribution in [0.15, 0.2) is 12.7 Å². The molecule has 2 rings (SSSR count). The van der Waals surface area contributed by atoms with Gasteiger partial charge in [-0.05, 0) is 6.42 Å². The van der Waals surface area contributed by atoms with Crippen LogP contribution in [0, 0.1) is 0 Å². The number of rotatable bonds is 6. The van der Waals surface area contributed by atoms with E-state index >= 15 is 0 Å². The predicted molar refractivity (Wildman–Crippen MR) is 72.0 cm³/mol. The highest BCUT2D eigenvalue weighted by molar-refractivity contribution is 7.90. The molecule has 2 aromatic heterocycles. The number of hydrogen-bond donors (Lipinski definition) is 2. The van der Waals surface area contributed by atoms with Crippen LogP contribution >= 0.6 is 0 Å². The zero-order valence-electron chi connectivity index (χ0n) is 10.8. The molecule has 0 aromatic carbocycles. The second kappa shape index (κ2) is 5.77. The lowest BCUT2D eigenvalue weighted by Gasteiger charge is -2.06. The van der Waals surface area contributed by atoms with Gasteiger partial charge in [-0.25, -0.2) is 13.4 Å². The van der Waals surface area contributed by atoms with Crippen LogP contribution < -0.4 is 11.1 Å². The van der Waals surface area contributed by atoms with E-state index in [0.29, 0.717) is 13.0 Å². The van der Waals surface area contributed by atoms with E-state index in [-0.39, 0.29) is 23.6 Å². The molecule has 0 saturated carbocycles. The van der Waals surface area contributed by atoms with Crippen molar-refractivity contribution in [2.75, 3.05) is 29.6 Å². The van der Waals surface area contributed by atoms with Crippen LogP contribution in [-0.4, -0.2) is 56.7 Å². The molecule has 0 fully saturated rings. The molecule has 20 heavy (non-hydrogen) atoms. The summed E-state index contributed by atoms with van der Waals surface area (Å²) < 4.78 is 23.3. The number of nitrogens with two attached hydrogens (primary N) is 1. The maximum Gasteiger partial charge on any atom is 0.258 e. The highest BCUT2D eigenvalue weighted by Gasteiger charge is 2.07. The third-order valence-corrected chi connectivity index (χ3v) is 3.27. The van der Waals surface area contributed by atoms with Crippen molar-refractivity contribution in [1.82, 2.24) is 29.7 Å². The zero-order valence-corrected chi connectivity index (χ0v) is 11.6. The first-order chi connectivity index (χ1) is 9.44. The van der Waals surface area contributed by atoms with E-state index in [0.717, 1.165) is 0 Å². The lowest BCUT2D eigenvalue weighted by Crippen LogP contribution is -2.14. The molecule has 0 radical (unpaired) electrons. The molecular weight excluding hydrogens is 284 g/mol. The summed E-state index contributed by atoms with van der Waals surface area (Å²) in [4.78, 5) is 15.7. The highest BCUT2D eigenvalue weighted by Crippen LogP contribution is 2.05. The molecule has 0 aliphatic heterocycles. The van der Waals surface area contributed by atoms with Crippen LogP contribution in [0.1, 0.15) is 6.42 Å². The minimum atomic E-state index is -2.97. The van der Waals surface area contributed by atoms with Crippen LogP contribution in [0.5, 0.6) is 0 Å². The Bertz CT molecular complexity index is 669. The van der Waals surface area contributed by atoms with Gasteiger partial charge in [-0.2, -0.15) is 24.7 Å². The predicted octanol–water partition coefficient (Wildman–Crippen LogP) is -1.12. The highest BCUT2D eigenvalue weighted by atomic mass is 32.2. The van der Waals surface area contributed by atoms with Gasteiger partial charge in [-0.3, -0.25) is 0 Å². The van der Waals surface area contributed by atoms with Gasteiger partial charge in [-0.1, -0.05) is 0 Å². The van der Waals surface area contributed by atoms with E-state index in [2.05, 4.69) is 30.4 Å². The summed E-state index contributed by atoms with van der Waals surface area (Å²) in [6.07, 6.45) is 4.42. The SMILES string of the molecule is CS(=O)(=O)CCCNc1nc(N)nc(-n2cncn2)n1. The van der Waals surface area contributed by atoms with Crippen LogP contribution in [0.2, 0.25) is 0 Å². The maximum atomic E-state index is 11.0. The quantitative estimate of drug-likeness (QED) is 0.634. The summed E-state index contributed by atoms with van der Waals surface area (Å²) in [5.74, 6) is 0.629. The van der Waals surface area contributed by atoms with Crippen LogP contribution in [-0.2, 0) is 9.84 Å². The summed E-state index contributed by atoms with van der Waals surface area (Å²) in [7, 11) is -2.97. The van der Waals surface area contributed by atoms with Gasteiger partial charge in [-0.15, -0.1) is 0 Å². The Balaban J connectivity index is 2.02. The van der Waals surface area contributed by atoms with Gasteiger partial charge in [0.25, 0.3) is 5.95 Å². The Morgan fingerprint density at radius 1 is 1.35 bits per heavy atom. The average Bonchev–Trinajstić information content (AvgIpc) is 2.86. The Kier molecular flexibility index (Phi) is 4.08. The molecule has 0 saturated heterocycles. The smallest absolute Gasteiger partial charge is 0.258 e. The summed E-state index contributed by atoms with van der Waals surface area (Å²) >= 11 is 0. The molecule has 2 heterocycles. The number of nitrogen functional groups attached to an aromatic ring is 1. The van der Waals surface area contributed by atoms with Crippen LogP contribution in [0.4, 0.5) is 11.9 Å². The molecule has 0 aliphatic carbocycles. The molecule has 11 heteroatoms. The summed E-state index contributed by atoms with van der Waals surface area (Å²) in [5.41, 5.74) is 5.58. The second-order valence-electron chi connectivity index (χ2n) is 4.07. The fourth-order valence-electron chi connectivity index (χ4n) is 1.41. The van der Waals surface area contributed by atoms with Crippen LogP contribution in [0.25, 0.3) is 5.95 Å². The minimum absolute atomic E-state index is 0.0381. The first kappa shape index (κ1) is 14.1. The Morgan fingerprint density at radius 3 is 2.80 bits per heavy atom. The van der Waals surface area contributed by atoms with Crippen molar-refractivity contribution in [3.05, 3.63) is 12.7 Å². The van der Waals surface area contributed by atoms with Crippen molar-refractivity contribution < 1.29 is 8.42 Å². The van der Waals surface area contributed by atoms with Gasteiger partial charge in [0, 0.05) is 12.8 Å². The number of hydrogen-bond acceptors (Lipinski definition) is 9. The number of aromatic nitrogens is 6. The molecule has 3 N–H and O–H groups in total. The number of nitrogens with zero attached hydrogens (tertiary/aromatic N) is 6. The van der Waals surface area contributed by atoms with Gasteiger partial charge in [0.2, 0.25) is 11.9 Å². The second-order valence-corrected chi connectivity index (χ2v) is 6.33.